The number of furan rings is 1. The van der Waals surface area contributed by atoms with Gasteiger partial charge in [0, 0.05) is 11.5 Å². The van der Waals surface area contributed by atoms with Gasteiger partial charge in [0.15, 0.2) is 0 Å². The molecule has 0 spiro atoms. The number of hydrogen-bond acceptors (Lipinski definition) is 4. The number of para-hydroxylation sites is 1. The summed E-state index contributed by atoms with van der Waals surface area (Å²) >= 11 is 0. The first-order valence-electron chi connectivity index (χ1n) is 11.6. The van der Waals surface area contributed by atoms with Crippen LogP contribution in [0.4, 0.5) is 0 Å². The third kappa shape index (κ3) is 4.57. The molecule has 0 bridgehead atoms. The Morgan fingerprint density at radius 1 is 0.750 bits per heavy atom. The smallest absolute Gasteiger partial charge is 0.501 e. The number of aromatic nitrogens is 2. The van der Waals surface area contributed by atoms with Crippen molar-refractivity contribution in [3.8, 4) is 34.3 Å². The minimum atomic E-state index is 0. The van der Waals surface area contributed by atoms with Gasteiger partial charge in [0.1, 0.15) is 5.58 Å². The van der Waals surface area contributed by atoms with Crippen molar-refractivity contribution in [2.24, 2.45) is 0 Å². The predicted molar refractivity (Wildman–Crippen MR) is 138 cm³/mol. The molecule has 0 aliphatic carbocycles. The molecule has 4 nitrogen and oxygen atoms in total. The Morgan fingerprint density at radius 3 is 2.42 bits per heavy atom. The number of benzene rings is 3. The van der Waals surface area contributed by atoms with E-state index in [9.17, 15) is 0 Å². The molecule has 3 aromatic heterocycles. The van der Waals surface area contributed by atoms with Crippen LogP contribution in [0.15, 0.2) is 95.4 Å². The van der Waals surface area contributed by atoms with Crippen molar-refractivity contribution in [3.05, 3.63) is 109 Å². The van der Waals surface area contributed by atoms with E-state index in [1.807, 2.05) is 78.9 Å². The average Bonchev–Trinajstić information content (AvgIpc) is 3.28. The van der Waals surface area contributed by atoms with Crippen LogP contribution in [-0.2, 0) is 21.1 Å². The van der Waals surface area contributed by atoms with Gasteiger partial charge >= 0.3 is 21.1 Å². The van der Waals surface area contributed by atoms with Gasteiger partial charge in [-0.3, -0.25) is 9.97 Å². The molecule has 3 heterocycles. The summed E-state index contributed by atoms with van der Waals surface area (Å²) in [7, 11) is 0. The van der Waals surface area contributed by atoms with Crippen LogP contribution >= 0.6 is 0 Å². The van der Waals surface area contributed by atoms with Gasteiger partial charge in [-0.2, -0.15) is 0 Å². The molecule has 0 N–H and O–H groups in total. The third-order valence-corrected chi connectivity index (χ3v) is 6.00. The van der Waals surface area contributed by atoms with E-state index < -0.39 is 0 Å². The topological polar surface area (TPSA) is 48.2 Å². The van der Waals surface area contributed by atoms with E-state index in [1.54, 1.807) is 0 Å². The molecule has 6 aromatic rings. The van der Waals surface area contributed by atoms with E-state index in [4.69, 9.17) is 14.1 Å². The van der Waals surface area contributed by atoms with E-state index in [0.29, 0.717) is 11.8 Å². The second kappa shape index (κ2) is 10.1. The molecule has 0 fully saturated rings. The zero-order valence-corrected chi connectivity index (χ0v) is 22.0. The van der Waals surface area contributed by atoms with Gasteiger partial charge in [0.25, 0.3) is 0 Å². The van der Waals surface area contributed by atoms with E-state index >= 15 is 0 Å². The molecule has 0 atom stereocenters. The first-order chi connectivity index (χ1) is 17.2. The minimum Gasteiger partial charge on any atom is -0.501 e. The van der Waals surface area contributed by atoms with E-state index in [0.717, 1.165) is 50.0 Å². The van der Waals surface area contributed by atoms with Gasteiger partial charge in [-0.05, 0) is 35.0 Å². The molecule has 3 aromatic carbocycles. The number of hydrogen-bond donors (Lipinski definition) is 0. The standard InChI is InChI=1S/C31H22N2O2.Pt/c1-20(2)22-18-27(25-14-8-13-24-23-12-6-7-16-28(23)34-31(24)25)33-30(19-22)35-29-17-9-15-26(32-29)21-10-4-3-5-11-21;/h3-10,12-13,15-20H,1-2H3;/q-2;+2. The summed E-state index contributed by atoms with van der Waals surface area (Å²) in [5.74, 6) is 1.24. The molecular weight excluding hydrogens is 627 g/mol. The van der Waals surface area contributed by atoms with Crippen molar-refractivity contribution in [1.82, 2.24) is 9.97 Å². The number of pyridine rings is 2. The van der Waals surface area contributed by atoms with E-state index in [2.05, 4.69) is 43.1 Å². The largest absolute Gasteiger partial charge is 2.00 e. The molecule has 0 radical (unpaired) electrons. The summed E-state index contributed by atoms with van der Waals surface area (Å²) < 4.78 is 12.4. The van der Waals surface area contributed by atoms with Crippen molar-refractivity contribution < 1.29 is 30.2 Å². The molecule has 0 unspecified atom stereocenters. The fourth-order valence-electron chi connectivity index (χ4n) is 4.20. The predicted octanol–water partition coefficient (Wildman–Crippen LogP) is 8.22. The van der Waals surface area contributed by atoms with Gasteiger partial charge in [-0.1, -0.05) is 61.2 Å². The van der Waals surface area contributed by atoms with Crippen LogP contribution in [0.2, 0.25) is 0 Å². The normalized spacial score (nSPS) is 11.1. The van der Waals surface area contributed by atoms with Crippen molar-refractivity contribution in [2.45, 2.75) is 19.8 Å². The van der Waals surface area contributed by atoms with Crippen LogP contribution in [0, 0.1) is 12.1 Å². The van der Waals surface area contributed by atoms with Gasteiger partial charge in [0.05, 0.1) is 5.58 Å². The maximum Gasteiger partial charge on any atom is 2.00 e. The van der Waals surface area contributed by atoms with Gasteiger partial charge < -0.3 is 9.15 Å². The monoisotopic (exact) mass is 649 g/mol. The zero-order chi connectivity index (χ0) is 23.8. The Balaban J connectivity index is 0.00000267. The summed E-state index contributed by atoms with van der Waals surface area (Å²) in [6.45, 7) is 4.30. The maximum absolute atomic E-state index is 6.23. The van der Waals surface area contributed by atoms with E-state index in [-0.39, 0.29) is 27.0 Å². The second-order valence-electron chi connectivity index (χ2n) is 8.71. The molecule has 36 heavy (non-hydrogen) atoms. The number of nitrogens with zero attached hydrogens (tertiary/aromatic N) is 2. The average molecular weight is 650 g/mol. The molecular formula is C31H22N2O2Pt. The Hall–Kier alpha value is -3.75. The fourth-order valence-corrected chi connectivity index (χ4v) is 4.20. The van der Waals surface area contributed by atoms with Gasteiger partial charge in [-0.15, -0.1) is 54.1 Å². The molecule has 0 aliphatic heterocycles. The van der Waals surface area contributed by atoms with Crippen LogP contribution in [-0.4, -0.2) is 9.97 Å². The first kappa shape index (κ1) is 24.0. The van der Waals surface area contributed by atoms with Crippen molar-refractivity contribution in [2.75, 3.05) is 0 Å². The van der Waals surface area contributed by atoms with Gasteiger partial charge in [0.2, 0.25) is 11.8 Å². The molecule has 0 saturated heterocycles. The fraction of sp³-hybridized carbons (Fsp3) is 0.0968. The Morgan fingerprint density at radius 2 is 1.58 bits per heavy atom. The Bertz CT molecular complexity index is 1660. The maximum atomic E-state index is 6.23. The number of fused-ring (bicyclic) bond motifs is 3. The quantitative estimate of drug-likeness (QED) is 0.177. The van der Waals surface area contributed by atoms with E-state index in [1.165, 1.54) is 0 Å². The Kier molecular flexibility index (Phi) is 6.71. The molecule has 0 aliphatic rings. The van der Waals surface area contributed by atoms with Crippen LogP contribution in [0.3, 0.4) is 0 Å². The first-order valence-corrected chi connectivity index (χ1v) is 11.6. The summed E-state index contributed by atoms with van der Waals surface area (Å²) in [5, 5.41) is 2.12. The minimum absolute atomic E-state index is 0. The number of rotatable bonds is 5. The van der Waals surface area contributed by atoms with Crippen molar-refractivity contribution in [3.63, 3.8) is 0 Å². The van der Waals surface area contributed by atoms with Crippen LogP contribution in [0.5, 0.6) is 11.8 Å². The molecule has 0 saturated carbocycles. The summed E-state index contributed by atoms with van der Waals surface area (Å²) in [5.41, 5.74) is 6.00. The summed E-state index contributed by atoms with van der Waals surface area (Å²) in [4.78, 5) is 9.52. The third-order valence-electron chi connectivity index (χ3n) is 6.00. The molecule has 0 amide bonds. The zero-order valence-electron chi connectivity index (χ0n) is 19.8. The SMILES string of the molecule is CC(C)c1cc(Oc2cccc(-c3[c-]cccc3)n2)nc(-c2[c-]ccc3c2oc2ccccc23)c1.[Pt+2]. The van der Waals surface area contributed by atoms with Crippen molar-refractivity contribution in [1.29, 1.82) is 0 Å². The summed E-state index contributed by atoms with van der Waals surface area (Å²) in [6.07, 6.45) is 0. The van der Waals surface area contributed by atoms with Crippen LogP contribution < -0.4 is 4.74 Å². The molecule has 6 rings (SSSR count). The summed E-state index contributed by atoms with van der Waals surface area (Å²) in [6, 6.07) is 36.1. The van der Waals surface area contributed by atoms with Gasteiger partial charge in [-0.25, -0.2) is 0 Å². The van der Waals surface area contributed by atoms with Crippen LogP contribution in [0.1, 0.15) is 25.3 Å². The molecule has 5 heteroatoms. The Labute approximate surface area is 224 Å². The van der Waals surface area contributed by atoms with Crippen LogP contribution in [0.25, 0.3) is 44.5 Å². The molecule has 178 valence electrons. The number of ether oxygens (including phenoxy) is 1. The second-order valence-corrected chi connectivity index (χ2v) is 8.71. The van der Waals surface area contributed by atoms with Crippen molar-refractivity contribution >= 4 is 21.9 Å².